The van der Waals surface area contributed by atoms with Gasteiger partial charge in [0.25, 0.3) is 0 Å². The average molecular weight is 182 g/mol. The summed E-state index contributed by atoms with van der Waals surface area (Å²) in [6.07, 6.45) is 2.76. The largest absolute Gasteiger partial charge is 0.468 e. The number of hydrogen-bond acceptors (Lipinski definition) is 3. The standard InChI is InChI=1S/C10H18N2O/c1-4-10(2,3)12-11-8-9-6-5-7-13-9/h5-7,11-12H,4,8H2,1-3H3. The van der Waals surface area contributed by atoms with Crippen molar-refractivity contribution >= 4 is 0 Å². The molecule has 0 saturated carbocycles. The van der Waals surface area contributed by atoms with Crippen LogP contribution in [0.3, 0.4) is 0 Å². The number of hydrogen-bond donors (Lipinski definition) is 2. The Morgan fingerprint density at radius 1 is 1.46 bits per heavy atom. The highest BCUT2D eigenvalue weighted by Gasteiger charge is 2.12. The Bertz CT molecular complexity index is 229. The van der Waals surface area contributed by atoms with E-state index in [1.54, 1.807) is 6.26 Å². The first-order valence-electron chi connectivity index (χ1n) is 4.66. The molecule has 3 heteroatoms. The first kappa shape index (κ1) is 10.3. The number of hydrazine groups is 1. The Hall–Kier alpha value is -0.800. The lowest BCUT2D eigenvalue weighted by molar-refractivity contribution is 0.308. The minimum Gasteiger partial charge on any atom is -0.468 e. The van der Waals surface area contributed by atoms with E-state index >= 15 is 0 Å². The molecule has 0 atom stereocenters. The van der Waals surface area contributed by atoms with Crippen molar-refractivity contribution in [1.29, 1.82) is 0 Å². The molecule has 1 aromatic heterocycles. The summed E-state index contributed by atoms with van der Waals surface area (Å²) in [7, 11) is 0. The van der Waals surface area contributed by atoms with E-state index in [0.29, 0.717) is 0 Å². The van der Waals surface area contributed by atoms with E-state index < -0.39 is 0 Å². The van der Waals surface area contributed by atoms with E-state index in [-0.39, 0.29) is 5.54 Å². The van der Waals surface area contributed by atoms with Crippen molar-refractivity contribution in [3.63, 3.8) is 0 Å². The van der Waals surface area contributed by atoms with Gasteiger partial charge in [0.1, 0.15) is 5.76 Å². The van der Waals surface area contributed by atoms with Gasteiger partial charge in [0, 0.05) is 5.54 Å². The first-order valence-corrected chi connectivity index (χ1v) is 4.66. The molecule has 0 aliphatic carbocycles. The second kappa shape index (κ2) is 4.44. The summed E-state index contributed by atoms with van der Waals surface area (Å²) in [5.74, 6) is 0.944. The second-order valence-corrected chi connectivity index (χ2v) is 3.80. The summed E-state index contributed by atoms with van der Waals surface area (Å²) >= 11 is 0. The third kappa shape index (κ3) is 3.61. The van der Waals surface area contributed by atoms with Gasteiger partial charge in [0.05, 0.1) is 12.8 Å². The molecular formula is C10H18N2O. The molecule has 74 valence electrons. The molecule has 0 spiro atoms. The van der Waals surface area contributed by atoms with Gasteiger partial charge in [-0.1, -0.05) is 6.92 Å². The maximum atomic E-state index is 5.18. The molecule has 0 radical (unpaired) electrons. The molecular weight excluding hydrogens is 164 g/mol. The minimum absolute atomic E-state index is 0.132. The van der Waals surface area contributed by atoms with Gasteiger partial charge in [-0.05, 0) is 32.4 Å². The van der Waals surface area contributed by atoms with Crippen LogP contribution in [0.4, 0.5) is 0 Å². The van der Waals surface area contributed by atoms with E-state index in [2.05, 4.69) is 31.6 Å². The van der Waals surface area contributed by atoms with Crippen LogP contribution < -0.4 is 10.9 Å². The summed E-state index contributed by atoms with van der Waals surface area (Å²) in [5.41, 5.74) is 6.50. The third-order valence-corrected chi connectivity index (χ3v) is 2.15. The molecule has 0 amide bonds. The normalized spacial score (nSPS) is 11.9. The Morgan fingerprint density at radius 2 is 2.23 bits per heavy atom. The van der Waals surface area contributed by atoms with Gasteiger partial charge in [0.2, 0.25) is 0 Å². The highest BCUT2D eigenvalue weighted by atomic mass is 16.3. The smallest absolute Gasteiger partial charge is 0.118 e. The molecule has 0 aromatic carbocycles. The van der Waals surface area contributed by atoms with Crippen LogP contribution in [0.25, 0.3) is 0 Å². The Kier molecular flexibility index (Phi) is 3.51. The van der Waals surface area contributed by atoms with Crippen molar-refractivity contribution < 1.29 is 4.42 Å². The van der Waals surface area contributed by atoms with Gasteiger partial charge >= 0.3 is 0 Å². The Morgan fingerprint density at radius 3 is 2.77 bits per heavy atom. The summed E-state index contributed by atoms with van der Waals surface area (Å²) in [6, 6.07) is 3.84. The zero-order chi connectivity index (χ0) is 9.73. The predicted octanol–water partition coefficient (Wildman–Crippen LogP) is 2.06. The molecule has 0 saturated heterocycles. The summed E-state index contributed by atoms with van der Waals surface area (Å²) in [4.78, 5) is 0. The van der Waals surface area contributed by atoms with Crippen molar-refractivity contribution in [2.45, 2.75) is 39.3 Å². The molecule has 0 unspecified atom stereocenters. The first-order chi connectivity index (χ1) is 6.14. The fraction of sp³-hybridized carbons (Fsp3) is 0.600. The van der Waals surface area contributed by atoms with E-state index in [0.717, 1.165) is 18.7 Å². The predicted molar refractivity (Wildman–Crippen MR) is 53.1 cm³/mol. The van der Waals surface area contributed by atoms with Crippen LogP contribution in [0.2, 0.25) is 0 Å². The minimum atomic E-state index is 0.132. The van der Waals surface area contributed by atoms with Gasteiger partial charge in [-0.3, -0.25) is 5.43 Å². The molecule has 0 bridgehead atoms. The van der Waals surface area contributed by atoms with Crippen LogP contribution in [0.15, 0.2) is 22.8 Å². The molecule has 0 fully saturated rings. The molecule has 13 heavy (non-hydrogen) atoms. The SMILES string of the molecule is CCC(C)(C)NNCc1ccco1. The van der Waals surface area contributed by atoms with Gasteiger partial charge in [0.15, 0.2) is 0 Å². The Balaban J connectivity index is 2.21. The average Bonchev–Trinajstić information content (AvgIpc) is 2.57. The number of nitrogens with one attached hydrogen (secondary N) is 2. The van der Waals surface area contributed by atoms with Crippen molar-refractivity contribution in [2.75, 3.05) is 0 Å². The fourth-order valence-electron chi connectivity index (χ4n) is 0.872. The van der Waals surface area contributed by atoms with E-state index in [1.165, 1.54) is 0 Å². The third-order valence-electron chi connectivity index (χ3n) is 2.15. The summed E-state index contributed by atoms with van der Waals surface area (Å²) in [6.45, 7) is 7.18. The fourth-order valence-corrected chi connectivity index (χ4v) is 0.872. The molecule has 1 rings (SSSR count). The van der Waals surface area contributed by atoms with Crippen molar-refractivity contribution in [1.82, 2.24) is 10.9 Å². The quantitative estimate of drug-likeness (QED) is 0.684. The number of furan rings is 1. The molecule has 1 aromatic rings. The highest BCUT2D eigenvalue weighted by molar-refractivity contribution is 4.97. The van der Waals surface area contributed by atoms with Gasteiger partial charge < -0.3 is 4.42 Å². The molecule has 1 heterocycles. The maximum Gasteiger partial charge on any atom is 0.118 e. The van der Waals surface area contributed by atoms with Crippen LogP contribution in [0.1, 0.15) is 33.0 Å². The zero-order valence-corrected chi connectivity index (χ0v) is 8.55. The van der Waals surface area contributed by atoms with Crippen LogP contribution in [0.5, 0.6) is 0 Å². The van der Waals surface area contributed by atoms with Crippen LogP contribution in [0, 0.1) is 0 Å². The zero-order valence-electron chi connectivity index (χ0n) is 8.55. The van der Waals surface area contributed by atoms with Gasteiger partial charge in [-0.2, -0.15) is 0 Å². The maximum absolute atomic E-state index is 5.18. The lowest BCUT2D eigenvalue weighted by Gasteiger charge is -2.24. The summed E-state index contributed by atoms with van der Waals surface area (Å²) < 4.78 is 5.18. The lowest BCUT2D eigenvalue weighted by Crippen LogP contribution is -2.47. The number of rotatable bonds is 5. The van der Waals surface area contributed by atoms with E-state index in [1.807, 2.05) is 12.1 Å². The van der Waals surface area contributed by atoms with Crippen molar-refractivity contribution in [2.24, 2.45) is 0 Å². The van der Waals surface area contributed by atoms with E-state index in [9.17, 15) is 0 Å². The van der Waals surface area contributed by atoms with Crippen molar-refractivity contribution in [3.05, 3.63) is 24.2 Å². The van der Waals surface area contributed by atoms with Gasteiger partial charge in [-0.25, -0.2) is 5.43 Å². The van der Waals surface area contributed by atoms with Crippen LogP contribution in [-0.2, 0) is 6.54 Å². The molecule has 0 aliphatic heterocycles. The second-order valence-electron chi connectivity index (χ2n) is 3.80. The molecule has 2 N–H and O–H groups in total. The van der Waals surface area contributed by atoms with Crippen LogP contribution in [-0.4, -0.2) is 5.54 Å². The summed E-state index contributed by atoms with van der Waals surface area (Å²) in [5, 5.41) is 0. The highest BCUT2D eigenvalue weighted by Crippen LogP contribution is 2.05. The Labute approximate surface area is 79.5 Å². The lowest BCUT2D eigenvalue weighted by atomic mass is 10.0. The monoisotopic (exact) mass is 182 g/mol. The van der Waals surface area contributed by atoms with Crippen molar-refractivity contribution in [3.8, 4) is 0 Å². The van der Waals surface area contributed by atoms with Crippen LogP contribution >= 0.6 is 0 Å². The molecule has 3 nitrogen and oxygen atoms in total. The molecule has 0 aliphatic rings. The van der Waals surface area contributed by atoms with E-state index in [4.69, 9.17) is 4.42 Å². The van der Waals surface area contributed by atoms with Gasteiger partial charge in [-0.15, -0.1) is 0 Å². The topological polar surface area (TPSA) is 37.2 Å².